The number of hydrogen-bond donors (Lipinski definition) is 1. The lowest BCUT2D eigenvalue weighted by Gasteiger charge is -2.11. The van der Waals surface area contributed by atoms with E-state index in [2.05, 4.69) is 37.4 Å². The number of amides is 1. The summed E-state index contributed by atoms with van der Waals surface area (Å²) < 4.78 is 5.64. The van der Waals surface area contributed by atoms with Crippen LogP contribution in [0.5, 0.6) is 5.75 Å². The van der Waals surface area contributed by atoms with Crippen LogP contribution in [0.25, 0.3) is 0 Å². The lowest BCUT2D eigenvalue weighted by Crippen LogP contribution is -2.14. The van der Waals surface area contributed by atoms with Gasteiger partial charge in [-0.2, -0.15) is 0 Å². The van der Waals surface area contributed by atoms with Crippen LogP contribution in [-0.4, -0.2) is 17.8 Å². The van der Waals surface area contributed by atoms with Gasteiger partial charge in [0.2, 0.25) is 5.91 Å². The van der Waals surface area contributed by atoms with Crippen LogP contribution in [0, 0.1) is 13.8 Å². The molecule has 2 rings (SSSR count). The van der Waals surface area contributed by atoms with Gasteiger partial charge in [-0.15, -0.1) is 11.8 Å². The zero-order valence-corrected chi connectivity index (χ0v) is 15.6. The van der Waals surface area contributed by atoms with E-state index in [0.29, 0.717) is 5.75 Å². The monoisotopic (exact) mass is 343 g/mol. The molecule has 0 aliphatic carbocycles. The molecule has 2 aromatic rings. The van der Waals surface area contributed by atoms with Crippen LogP contribution < -0.4 is 10.1 Å². The summed E-state index contributed by atoms with van der Waals surface area (Å²) in [6.07, 6.45) is 0.115. The fourth-order valence-electron chi connectivity index (χ4n) is 2.53. The molecule has 0 radical (unpaired) electrons. The van der Waals surface area contributed by atoms with E-state index in [1.807, 2.05) is 38.1 Å². The average Bonchev–Trinajstić information content (AvgIpc) is 2.45. The minimum absolute atomic E-state index is 0.00562. The molecule has 0 aliphatic heterocycles. The minimum atomic E-state index is 0.00562. The van der Waals surface area contributed by atoms with Crippen LogP contribution in [-0.2, 0) is 10.5 Å². The number of rotatable bonds is 7. The Kier molecular flexibility index (Phi) is 6.73. The molecule has 0 unspecified atom stereocenters. The number of ether oxygens (including phenoxy) is 1. The zero-order chi connectivity index (χ0) is 17.5. The van der Waals surface area contributed by atoms with Gasteiger partial charge in [-0.1, -0.05) is 35.4 Å². The van der Waals surface area contributed by atoms with Gasteiger partial charge in [-0.25, -0.2) is 0 Å². The number of thioether (sulfide) groups is 1. The van der Waals surface area contributed by atoms with E-state index in [0.717, 1.165) is 17.2 Å². The molecule has 3 nitrogen and oxygen atoms in total. The predicted molar refractivity (Wildman–Crippen MR) is 103 cm³/mol. The van der Waals surface area contributed by atoms with E-state index in [9.17, 15) is 4.79 Å². The fourth-order valence-corrected chi connectivity index (χ4v) is 3.29. The largest absolute Gasteiger partial charge is 0.491 e. The molecule has 2 aromatic carbocycles. The third kappa shape index (κ3) is 6.28. The first kappa shape index (κ1) is 18.4. The highest BCUT2D eigenvalue weighted by Crippen LogP contribution is 2.20. The van der Waals surface area contributed by atoms with Gasteiger partial charge in [0.25, 0.3) is 0 Å². The summed E-state index contributed by atoms with van der Waals surface area (Å²) in [7, 11) is 0. The Morgan fingerprint density at radius 3 is 2.50 bits per heavy atom. The molecule has 0 aliphatic rings. The van der Waals surface area contributed by atoms with Gasteiger partial charge in [-0.05, 0) is 45.4 Å². The summed E-state index contributed by atoms with van der Waals surface area (Å²) in [5, 5.41) is 2.92. The van der Waals surface area contributed by atoms with E-state index in [1.165, 1.54) is 16.7 Å². The molecular weight excluding hydrogens is 318 g/mol. The van der Waals surface area contributed by atoms with Crippen LogP contribution in [0.3, 0.4) is 0 Å². The molecule has 0 heterocycles. The molecule has 1 amide bonds. The maximum absolute atomic E-state index is 12.1. The summed E-state index contributed by atoms with van der Waals surface area (Å²) in [5.74, 6) is 2.05. The molecule has 0 fully saturated rings. The summed E-state index contributed by atoms with van der Waals surface area (Å²) in [5.41, 5.74) is 4.55. The molecule has 0 aromatic heterocycles. The van der Waals surface area contributed by atoms with Crippen molar-refractivity contribution in [3.63, 3.8) is 0 Å². The quantitative estimate of drug-likeness (QED) is 0.772. The number of anilines is 1. The molecule has 4 heteroatoms. The number of carbonyl (C=O) groups excluding carboxylic acids is 1. The van der Waals surface area contributed by atoms with E-state index >= 15 is 0 Å². The lowest BCUT2D eigenvalue weighted by atomic mass is 10.1. The van der Waals surface area contributed by atoms with Crippen molar-refractivity contribution >= 4 is 23.4 Å². The normalized spacial score (nSPS) is 10.7. The van der Waals surface area contributed by atoms with Crippen LogP contribution in [0.15, 0.2) is 42.5 Å². The highest BCUT2D eigenvalue weighted by Gasteiger charge is 2.05. The third-order valence-electron chi connectivity index (χ3n) is 3.27. The second kappa shape index (κ2) is 8.78. The average molecular weight is 343 g/mol. The highest BCUT2D eigenvalue weighted by molar-refractivity contribution is 7.99. The molecule has 0 saturated heterocycles. The Balaban J connectivity index is 1.83. The van der Waals surface area contributed by atoms with Crippen molar-refractivity contribution in [2.24, 2.45) is 0 Å². The fraction of sp³-hybridized carbons (Fsp3) is 0.350. The molecule has 0 atom stereocenters. The molecule has 0 saturated carbocycles. The number of carbonyl (C=O) groups is 1. The summed E-state index contributed by atoms with van der Waals surface area (Å²) in [6, 6.07) is 14.0. The topological polar surface area (TPSA) is 38.3 Å². The standard InChI is InChI=1S/C20H25NO2S/c1-14(2)23-19-7-5-6-18(11-19)21-20(22)13-24-12-17-9-15(3)8-16(4)10-17/h5-11,14H,12-13H2,1-4H3,(H,21,22). The third-order valence-corrected chi connectivity index (χ3v) is 4.28. The first-order chi connectivity index (χ1) is 11.4. The van der Waals surface area contributed by atoms with Gasteiger partial charge in [0.15, 0.2) is 0 Å². The second-order valence-corrected chi connectivity index (χ2v) is 7.22. The van der Waals surface area contributed by atoms with Crippen molar-refractivity contribution in [2.45, 2.75) is 39.6 Å². The number of hydrogen-bond acceptors (Lipinski definition) is 3. The van der Waals surface area contributed by atoms with Gasteiger partial charge >= 0.3 is 0 Å². The first-order valence-corrected chi connectivity index (χ1v) is 9.29. The number of aryl methyl sites for hydroxylation is 2. The second-order valence-electron chi connectivity index (χ2n) is 6.23. The smallest absolute Gasteiger partial charge is 0.234 e. The summed E-state index contributed by atoms with van der Waals surface area (Å²) >= 11 is 1.62. The summed E-state index contributed by atoms with van der Waals surface area (Å²) in [4.78, 5) is 12.1. The van der Waals surface area contributed by atoms with E-state index in [-0.39, 0.29) is 12.0 Å². The minimum Gasteiger partial charge on any atom is -0.491 e. The Labute approximate surface area is 148 Å². The molecule has 1 N–H and O–H groups in total. The zero-order valence-electron chi connectivity index (χ0n) is 14.8. The van der Waals surface area contributed by atoms with E-state index in [1.54, 1.807) is 11.8 Å². The van der Waals surface area contributed by atoms with Crippen molar-refractivity contribution in [1.82, 2.24) is 0 Å². The Bertz CT molecular complexity index is 678. The molecule has 128 valence electrons. The number of benzene rings is 2. The van der Waals surface area contributed by atoms with Crippen LogP contribution >= 0.6 is 11.8 Å². The van der Waals surface area contributed by atoms with Gasteiger partial charge in [0, 0.05) is 17.5 Å². The van der Waals surface area contributed by atoms with Crippen LogP contribution in [0.1, 0.15) is 30.5 Å². The molecular formula is C20H25NO2S. The van der Waals surface area contributed by atoms with Gasteiger partial charge in [0.05, 0.1) is 11.9 Å². The molecule has 0 bridgehead atoms. The first-order valence-electron chi connectivity index (χ1n) is 8.14. The molecule has 0 spiro atoms. The van der Waals surface area contributed by atoms with Gasteiger partial charge < -0.3 is 10.1 Å². The van der Waals surface area contributed by atoms with Crippen LogP contribution in [0.4, 0.5) is 5.69 Å². The maximum Gasteiger partial charge on any atom is 0.234 e. The van der Waals surface area contributed by atoms with E-state index in [4.69, 9.17) is 4.74 Å². The Morgan fingerprint density at radius 2 is 1.83 bits per heavy atom. The van der Waals surface area contributed by atoms with Crippen molar-refractivity contribution in [3.8, 4) is 5.75 Å². The molecule has 24 heavy (non-hydrogen) atoms. The SMILES string of the molecule is Cc1cc(C)cc(CSCC(=O)Nc2cccc(OC(C)C)c2)c1. The van der Waals surface area contributed by atoms with Crippen molar-refractivity contribution < 1.29 is 9.53 Å². The van der Waals surface area contributed by atoms with Crippen LogP contribution in [0.2, 0.25) is 0 Å². The number of nitrogens with one attached hydrogen (secondary N) is 1. The Hall–Kier alpha value is -1.94. The van der Waals surface area contributed by atoms with E-state index < -0.39 is 0 Å². The Morgan fingerprint density at radius 1 is 1.12 bits per heavy atom. The van der Waals surface area contributed by atoms with Crippen molar-refractivity contribution in [2.75, 3.05) is 11.1 Å². The maximum atomic E-state index is 12.1. The lowest BCUT2D eigenvalue weighted by molar-refractivity contribution is -0.113. The van der Waals surface area contributed by atoms with Crippen molar-refractivity contribution in [3.05, 3.63) is 59.2 Å². The van der Waals surface area contributed by atoms with Gasteiger partial charge in [0.1, 0.15) is 5.75 Å². The highest BCUT2D eigenvalue weighted by atomic mass is 32.2. The van der Waals surface area contributed by atoms with Gasteiger partial charge in [-0.3, -0.25) is 4.79 Å². The predicted octanol–water partition coefficient (Wildman–Crippen LogP) is 4.96. The van der Waals surface area contributed by atoms with Crippen molar-refractivity contribution in [1.29, 1.82) is 0 Å². The summed E-state index contributed by atoms with van der Waals surface area (Å²) in [6.45, 7) is 8.16.